The van der Waals surface area contributed by atoms with Crippen LogP contribution in [0.1, 0.15) is 23.3 Å². The van der Waals surface area contributed by atoms with E-state index >= 15 is 0 Å². The van der Waals surface area contributed by atoms with E-state index in [1.165, 1.54) is 0 Å². The van der Waals surface area contributed by atoms with E-state index in [9.17, 15) is 4.79 Å². The molecule has 3 rings (SSSR count). The van der Waals surface area contributed by atoms with Gasteiger partial charge in [0.1, 0.15) is 5.75 Å². The highest BCUT2D eigenvalue weighted by Crippen LogP contribution is 2.27. The molecule has 1 N–H and O–H groups in total. The molecular formula is C16H15Cl2N3O3. The first-order chi connectivity index (χ1) is 11.6. The Balaban J connectivity index is 1.63. The number of nitrogens with zero attached hydrogens (tertiary/aromatic N) is 2. The van der Waals surface area contributed by atoms with Crippen LogP contribution in [0, 0.1) is 0 Å². The Hall–Kier alpha value is -1.89. The van der Waals surface area contributed by atoms with Crippen molar-refractivity contribution in [2.75, 3.05) is 13.2 Å². The maximum Gasteiger partial charge on any atom is 0.272 e. The van der Waals surface area contributed by atoms with E-state index in [1.54, 1.807) is 30.3 Å². The standard InChI is InChI=1S/C16H15Cl2N3O3/c17-10-7-11(18)9-13(8-10)24-15-2-1-14(20-21-15)16(22)19-12-3-5-23-6-4-12/h1-2,7-9,12H,3-6H2,(H,19,22). The largest absolute Gasteiger partial charge is 0.437 e. The second kappa shape index (κ2) is 7.79. The van der Waals surface area contributed by atoms with Gasteiger partial charge in [-0.05, 0) is 37.1 Å². The van der Waals surface area contributed by atoms with Crippen molar-refractivity contribution in [2.24, 2.45) is 0 Å². The minimum Gasteiger partial charge on any atom is -0.437 e. The summed E-state index contributed by atoms with van der Waals surface area (Å²) in [5.41, 5.74) is 0.234. The van der Waals surface area contributed by atoms with Gasteiger partial charge >= 0.3 is 0 Å². The number of rotatable bonds is 4. The summed E-state index contributed by atoms with van der Waals surface area (Å²) >= 11 is 11.8. The molecule has 126 valence electrons. The zero-order valence-corrected chi connectivity index (χ0v) is 14.2. The number of ether oxygens (including phenoxy) is 2. The van der Waals surface area contributed by atoms with Gasteiger partial charge in [-0.25, -0.2) is 0 Å². The Morgan fingerprint density at radius 3 is 2.46 bits per heavy atom. The maximum absolute atomic E-state index is 12.1. The van der Waals surface area contributed by atoms with Crippen LogP contribution in [0.4, 0.5) is 0 Å². The van der Waals surface area contributed by atoms with Crippen molar-refractivity contribution in [3.05, 3.63) is 46.1 Å². The molecule has 1 fully saturated rings. The van der Waals surface area contributed by atoms with E-state index in [2.05, 4.69) is 15.5 Å². The number of carbonyl (C=O) groups excluding carboxylic acids is 1. The smallest absolute Gasteiger partial charge is 0.272 e. The molecule has 0 aliphatic carbocycles. The highest BCUT2D eigenvalue weighted by atomic mass is 35.5. The SMILES string of the molecule is O=C(NC1CCOCC1)c1ccc(Oc2cc(Cl)cc(Cl)c2)nn1. The quantitative estimate of drug-likeness (QED) is 0.895. The Kier molecular flexibility index (Phi) is 5.50. The third-order valence-corrected chi connectivity index (χ3v) is 3.92. The lowest BCUT2D eigenvalue weighted by Gasteiger charge is -2.22. The summed E-state index contributed by atoms with van der Waals surface area (Å²) in [4.78, 5) is 12.1. The lowest BCUT2D eigenvalue weighted by atomic mass is 10.1. The number of amides is 1. The van der Waals surface area contributed by atoms with E-state index < -0.39 is 0 Å². The Morgan fingerprint density at radius 2 is 1.83 bits per heavy atom. The molecule has 1 aliphatic heterocycles. The van der Waals surface area contributed by atoms with Gasteiger partial charge in [-0.3, -0.25) is 4.79 Å². The molecule has 8 heteroatoms. The molecule has 0 spiro atoms. The summed E-state index contributed by atoms with van der Waals surface area (Å²) < 4.78 is 10.8. The Morgan fingerprint density at radius 1 is 1.12 bits per heavy atom. The summed E-state index contributed by atoms with van der Waals surface area (Å²) in [7, 11) is 0. The van der Waals surface area contributed by atoms with E-state index in [0.29, 0.717) is 29.0 Å². The van der Waals surface area contributed by atoms with E-state index in [1.807, 2.05) is 0 Å². The van der Waals surface area contributed by atoms with Crippen LogP contribution in [0.15, 0.2) is 30.3 Å². The number of hydrogen-bond acceptors (Lipinski definition) is 5. The molecule has 1 aromatic heterocycles. The van der Waals surface area contributed by atoms with Crippen molar-refractivity contribution in [1.29, 1.82) is 0 Å². The molecule has 2 aromatic rings. The maximum atomic E-state index is 12.1. The highest BCUT2D eigenvalue weighted by molar-refractivity contribution is 6.34. The number of carbonyl (C=O) groups is 1. The van der Waals surface area contributed by atoms with Crippen molar-refractivity contribution in [3.8, 4) is 11.6 Å². The van der Waals surface area contributed by atoms with Gasteiger partial charge in [0.2, 0.25) is 5.88 Å². The molecule has 0 unspecified atom stereocenters. The zero-order valence-electron chi connectivity index (χ0n) is 12.7. The number of aromatic nitrogens is 2. The summed E-state index contributed by atoms with van der Waals surface area (Å²) in [6.07, 6.45) is 1.60. The van der Waals surface area contributed by atoms with Crippen LogP contribution in [0.25, 0.3) is 0 Å². The number of nitrogens with one attached hydrogen (secondary N) is 1. The Bertz CT molecular complexity index is 699. The molecule has 0 radical (unpaired) electrons. The topological polar surface area (TPSA) is 73.3 Å². The van der Waals surface area contributed by atoms with Crippen LogP contribution in [0.3, 0.4) is 0 Å². The van der Waals surface area contributed by atoms with Crippen molar-refractivity contribution >= 4 is 29.1 Å². The monoisotopic (exact) mass is 367 g/mol. The van der Waals surface area contributed by atoms with Crippen LogP contribution in [0.5, 0.6) is 11.6 Å². The summed E-state index contributed by atoms with van der Waals surface area (Å²) in [5, 5.41) is 11.6. The van der Waals surface area contributed by atoms with Gasteiger partial charge < -0.3 is 14.8 Å². The molecule has 0 saturated carbocycles. The van der Waals surface area contributed by atoms with Gasteiger partial charge in [-0.2, -0.15) is 0 Å². The lowest BCUT2D eigenvalue weighted by Crippen LogP contribution is -2.39. The van der Waals surface area contributed by atoms with Crippen LogP contribution in [-0.2, 0) is 4.74 Å². The van der Waals surface area contributed by atoms with Crippen LogP contribution >= 0.6 is 23.2 Å². The predicted octanol–water partition coefficient (Wildman–Crippen LogP) is 3.48. The first kappa shape index (κ1) is 17.0. The van der Waals surface area contributed by atoms with Gasteiger partial charge in [-0.1, -0.05) is 23.2 Å². The first-order valence-corrected chi connectivity index (χ1v) is 8.22. The molecule has 24 heavy (non-hydrogen) atoms. The third kappa shape index (κ3) is 4.56. The molecule has 1 aromatic carbocycles. The van der Waals surface area contributed by atoms with Gasteiger partial charge in [0.15, 0.2) is 5.69 Å². The number of benzene rings is 1. The van der Waals surface area contributed by atoms with Crippen LogP contribution in [-0.4, -0.2) is 35.4 Å². The van der Waals surface area contributed by atoms with Crippen LogP contribution < -0.4 is 10.1 Å². The third-order valence-electron chi connectivity index (χ3n) is 3.49. The first-order valence-electron chi connectivity index (χ1n) is 7.46. The number of halogens is 2. The lowest BCUT2D eigenvalue weighted by molar-refractivity contribution is 0.0693. The fourth-order valence-electron chi connectivity index (χ4n) is 2.31. The highest BCUT2D eigenvalue weighted by Gasteiger charge is 2.18. The van der Waals surface area contributed by atoms with Crippen molar-refractivity contribution in [2.45, 2.75) is 18.9 Å². The van der Waals surface area contributed by atoms with E-state index in [0.717, 1.165) is 12.8 Å². The predicted molar refractivity (Wildman–Crippen MR) is 89.9 cm³/mol. The minimum absolute atomic E-state index is 0.109. The van der Waals surface area contributed by atoms with Crippen molar-refractivity contribution in [1.82, 2.24) is 15.5 Å². The van der Waals surface area contributed by atoms with Gasteiger partial charge in [0.25, 0.3) is 5.91 Å². The zero-order chi connectivity index (χ0) is 16.9. The van der Waals surface area contributed by atoms with Gasteiger partial charge in [0, 0.05) is 35.4 Å². The summed E-state index contributed by atoms with van der Waals surface area (Å²) in [6, 6.07) is 8.06. The van der Waals surface area contributed by atoms with E-state index in [4.69, 9.17) is 32.7 Å². The molecule has 1 aliphatic rings. The van der Waals surface area contributed by atoms with Crippen LogP contribution in [0.2, 0.25) is 10.0 Å². The summed E-state index contributed by atoms with van der Waals surface area (Å²) in [5.74, 6) is 0.434. The molecule has 0 bridgehead atoms. The minimum atomic E-state index is -0.258. The average Bonchev–Trinajstić information content (AvgIpc) is 2.55. The molecular weight excluding hydrogens is 353 g/mol. The second-order valence-electron chi connectivity index (χ2n) is 5.32. The normalized spacial score (nSPS) is 15.1. The van der Waals surface area contributed by atoms with Gasteiger partial charge in [0.05, 0.1) is 0 Å². The Labute approximate surface area is 149 Å². The fraction of sp³-hybridized carbons (Fsp3) is 0.312. The van der Waals surface area contributed by atoms with Crippen molar-refractivity contribution in [3.63, 3.8) is 0 Å². The molecule has 0 atom stereocenters. The average molecular weight is 368 g/mol. The van der Waals surface area contributed by atoms with Crippen molar-refractivity contribution < 1.29 is 14.3 Å². The molecule has 6 nitrogen and oxygen atoms in total. The second-order valence-corrected chi connectivity index (χ2v) is 6.20. The fourth-order valence-corrected chi connectivity index (χ4v) is 2.81. The molecule has 1 saturated heterocycles. The molecule has 1 amide bonds. The summed E-state index contributed by atoms with van der Waals surface area (Å²) in [6.45, 7) is 1.32. The molecule has 2 heterocycles. The van der Waals surface area contributed by atoms with Gasteiger partial charge in [-0.15, -0.1) is 10.2 Å². The van der Waals surface area contributed by atoms with E-state index in [-0.39, 0.29) is 23.5 Å². The number of hydrogen-bond donors (Lipinski definition) is 1.